The van der Waals surface area contributed by atoms with Gasteiger partial charge in [-0.05, 0) is 25.0 Å². The number of carbonyl (C=O) groups is 1. The van der Waals surface area contributed by atoms with E-state index in [1.807, 2.05) is 17.8 Å². The van der Waals surface area contributed by atoms with Crippen molar-refractivity contribution in [3.05, 3.63) is 42.2 Å². The lowest BCUT2D eigenvalue weighted by Gasteiger charge is -2.33. The Morgan fingerprint density at radius 3 is 2.14 bits per heavy atom. The van der Waals surface area contributed by atoms with Gasteiger partial charge in [-0.15, -0.1) is 0 Å². The molecule has 1 aromatic carbocycles. The van der Waals surface area contributed by atoms with Crippen molar-refractivity contribution in [2.75, 3.05) is 52.8 Å². The largest absolute Gasteiger partial charge is 0.356 e. The second kappa shape index (κ2) is 8.94. The standard InChI is InChI=1S/C20H23F2N5OS/c21-15-9-16(22)11-17(10-15)25-20(28)14-1-3-26(4-2-14)18-12-19(24-13-23-18)27-5-7-29-8-6-27/h9-14H,1-8H2,(H,25,28). The maximum absolute atomic E-state index is 13.3. The highest BCUT2D eigenvalue weighted by atomic mass is 32.2. The molecule has 29 heavy (non-hydrogen) atoms. The predicted octanol–water partition coefficient (Wildman–Crippen LogP) is 3.16. The van der Waals surface area contributed by atoms with Gasteiger partial charge in [-0.2, -0.15) is 11.8 Å². The van der Waals surface area contributed by atoms with Crippen molar-refractivity contribution in [1.82, 2.24) is 9.97 Å². The summed E-state index contributed by atoms with van der Waals surface area (Å²) < 4.78 is 26.6. The monoisotopic (exact) mass is 419 g/mol. The molecule has 0 aliphatic carbocycles. The first-order chi connectivity index (χ1) is 14.1. The number of thioether (sulfide) groups is 1. The second-order valence-electron chi connectivity index (χ2n) is 7.24. The number of carbonyl (C=O) groups excluding carboxylic acids is 1. The summed E-state index contributed by atoms with van der Waals surface area (Å²) in [5.41, 5.74) is 0.148. The SMILES string of the molecule is O=C(Nc1cc(F)cc(F)c1)C1CCN(c2cc(N3CCSCC3)ncn2)CC1. The lowest BCUT2D eigenvalue weighted by atomic mass is 9.96. The van der Waals surface area contributed by atoms with E-state index in [-0.39, 0.29) is 17.5 Å². The predicted molar refractivity (Wildman–Crippen MR) is 111 cm³/mol. The lowest BCUT2D eigenvalue weighted by molar-refractivity contribution is -0.120. The fourth-order valence-corrected chi connectivity index (χ4v) is 4.62. The smallest absolute Gasteiger partial charge is 0.227 e. The van der Waals surface area contributed by atoms with Gasteiger partial charge in [0.05, 0.1) is 0 Å². The number of hydrogen-bond donors (Lipinski definition) is 1. The summed E-state index contributed by atoms with van der Waals surface area (Å²) in [6.45, 7) is 3.37. The quantitative estimate of drug-likeness (QED) is 0.822. The number of amides is 1. The molecule has 1 aromatic heterocycles. The minimum absolute atomic E-state index is 0.148. The van der Waals surface area contributed by atoms with Crippen molar-refractivity contribution in [2.45, 2.75) is 12.8 Å². The molecular formula is C20H23F2N5OS. The van der Waals surface area contributed by atoms with E-state index in [1.54, 1.807) is 6.33 Å². The molecule has 154 valence electrons. The fourth-order valence-electron chi connectivity index (χ4n) is 3.72. The van der Waals surface area contributed by atoms with Crippen molar-refractivity contribution >= 4 is 35.0 Å². The Morgan fingerprint density at radius 1 is 0.931 bits per heavy atom. The maximum Gasteiger partial charge on any atom is 0.227 e. The van der Waals surface area contributed by atoms with Gasteiger partial charge < -0.3 is 15.1 Å². The number of hydrogen-bond acceptors (Lipinski definition) is 6. The highest BCUT2D eigenvalue weighted by Gasteiger charge is 2.26. The molecule has 1 amide bonds. The Balaban J connectivity index is 1.35. The minimum Gasteiger partial charge on any atom is -0.356 e. The van der Waals surface area contributed by atoms with Crippen LogP contribution in [0.15, 0.2) is 30.6 Å². The molecule has 6 nitrogen and oxygen atoms in total. The third-order valence-electron chi connectivity index (χ3n) is 5.29. The molecule has 2 aromatic rings. The van der Waals surface area contributed by atoms with Gasteiger partial charge in [0.15, 0.2) is 0 Å². The summed E-state index contributed by atoms with van der Waals surface area (Å²) in [7, 11) is 0. The van der Waals surface area contributed by atoms with Gasteiger partial charge in [0.1, 0.15) is 29.6 Å². The number of nitrogens with one attached hydrogen (secondary N) is 1. The zero-order chi connectivity index (χ0) is 20.2. The van der Waals surface area contributed by atoms with Gasteiger partial charge in [0, 0.05) is 61.4 Å². The van der Waals surface area contributed by atoms with Gasteiger partial charge in [-0.1, -0.05) is 0 Å². The molecule has 2 saturated heterocycles. The molecule has 0 saturated carbocycles. The molecule has 0 atom stereocenters. The number of nitrogens with zero attached hydrogens (tertiary/aromatic N) is 4. The van der Waals surface area contributed by atoms with Crippen molar-refractivity contribution in [3.63, 3.8) is 0 Å². The van der Waals surface area contributed by atoms with E-state index in [0.29, 0.717) is 25.9 Å². The summed E-state index contributed by atoms with van der Waals surface area (Å²) in [6, 6.07) is 5.05. The number of aromatic nitrogens is 2. The second-order valence-corrected chi connectivity index (χ2v) is 8.47. The molecule has 2 fully saturated rings. The third-order valence-corrected chi connectivity index (χ3v) is 6.24. The van der Waals surface area contributed by atoms with Crippen LogP contribution < -0.4 is 15.1 Å². The van der Waals surface area contributed by atoms with E-state index >= 15 is 0 Å². The molecule has 4 rings (SSSR count). The van der Waals surface area contributed by atoms with Gasteiger partial charge in [-0.3, -0.25) is 4.79 Å². The summed E-state index contributed by atoms with van der Waals surface area (Å²) >= 11 is 1.96. The van der Waals surface area contributed by atoms with Crippen LogP contribution in [0, 0.1) is 17.6 Å². The Labute approximate surface area is 172 Å². The Morgan fingerprint density at radius 2 is 1.52 bits per heavy atom. The molecule has 1 N–H and O–H groups in total. The summed E-state index contributed by atoms with van der Waals surface area (Å²) in [6.07, 6.45) is 2.91. The molecule has 2 aliphatic heterocycles. The molecule has 2 aliphatic rings. The van der Waals surface area contributed by atoms with Crippen LogP contribution in [0.3, 0.4) is 0 Å². The van der Waals surface area contributed by atoms with Gasteiger partial charge in [-0.25, -0.2) is 18.7 Å². The van der Waals surface area contributed by atoms with E-state index in [1.165, 1.54) is 0 Å². The number of halogens is 2. The minimum atomic E-state index is -0.706. The molecule has 0 unspecified atom stereocenters. The number of anilines is 3. The third kappa shape index (κ3) is 4.95. The normalized spacial score (nSPS) is 18.0. The van der Waals surface area contributed by atoms with Crippen molar-refractivity contribution in [2.24, 2.45) is 5.92 Å². The Kier molecular flexibility index (Phi) is 6.13. The topological polar surface area (TPSA) is 61.4 Å². The average molecular weight is 420 g/mol. The summed E-state index contributed by atoms with van der Waals surface area (Å²) in [4.78, 5) is 25.8. The lowest BCUT2D eigenvalue weighted by Crippen LogP contribution is -2.39. The molecule has 0 radical (unpaired) electrons. The number of piperidine rings is 1. The molecule has 3 heterocycles. The first-order valence-corrected chi connectivity index (χ1v) is 10.9. The number of rotatable bonds is 4. The van der Waals surface area contributed by atoms with Crippen LogP contribution in [0.5, 0.6) is 0 Å². The van der Waals surface area contributed by atoms with Gasteiger partial charge in [0.2, 0.25) is 5.91 Å². The van der Waals surface area contributed by atoms with E-state index in [9.17, 15) is 13.6 Å². The molecule has 0 spiro atoms. The summed E-state index contributed by atoms with van der Waals surface area (Å²) in [5, 5.41) is 2.63. The van der Waals surface area contributed by atoms with E-state index < -0.39 is 11.6 Å². The van der Waals surface area contributed by atoms with Crippen LogP contribution in [0.25, 0.3) is 0 Å². The Hall–Kier alpha value is -2.42. The zero-order valence-electron chi connectivity index (χ0n) is 16.0. The van der Waals surface area contributed by atoms with Crippen molar-refractivity contribution in [3.8, 4) is 0 Å². The van der Waals surface area contributed by atoms with Crippen LogP contribution in [-0.4, -0.2) is 53.6 Å². The zero-order valence-corrected chi connectivity index (χ0v) is 16.8. The maximum atomic E-state index is 13.3. The van der Waals surface area contributed by atoms with E-state index in [2.05, 4.69) is 25.1 Å². The summed E-state index contributed by atoms with van der Waals surface area (Å²) in [5.74, 6) is 2.22. The molecule has 0 bridgehead atoms. The van der Waals surface area contributed by atoms with Gasteiger partial charge >= 0.3 is 0 Å². The van der Waals surface area contributed by atoms with Crippen molar-refractivity contribution in [1.29, 1.82) is 0 Å². The van der Waals surface area contributed by atoms with Crippen LogP contribution in [-0.2, 0) is 4.79 Å². The van der Waals surface area contributed by atoms with Crippen LogP contribution >= 0.6 is 11.8 Å². The van der Waals surface area contributed by atoms with Crippen LogP contribution in [0.4, 0.5) is 26.1 Å². The van der Waals surface area contributed by atoms with Gasteiger partial charge in [0.25, 0.3) is 0 Å². The Bertz CT molecular complexity index is 849. The first kappa shape index (κ1) is 19.9. The highest BCUT2D eigenvalue weighted by Crippen LogP contribution is 2.26. The molecule has 9 heteroatoms. The fraction of sp³-hybridized carbons (Fsp3) is 0.450. The van der Waals surface area contributed by atoms with Crippen LogP contribution in [0.1, 0.15) is 12.8 Å². The highest BCUT2D eigenvalue weighted by molar-refractivity contribution is 7.99. The van der Waals surface area contributed by atoms with Crippen molar-refractivity contribution < 1.29 is 13.6 Å². The number of benzene rings is 1. The van der Waals surface area contributed by atoms with E-state index in [0.717, 1.165) is 54.4 Å². The van der Waals surface area contributed by atoms with E-state index in [4.69, 9.17) is 0 Å². The first-order valence-electron chi connectivity index (χ1n) is 9.75. The average Bonchev–Trinajstić information content (AvgIpc) is 2.74. The molecular weight excluding hydrogens is 396 g/mol. The van der Waals surface area contributed by atoms with Crippen LogP contribution in [0.2, 0.25) is 0 Å².